The van der Waals surface area contributed by atoms with Crippen LogP contribution in [0.15, 0.2) is 33.6 Å². The maximum Gasteiger partial charge on any atom is 0.149 e. The van der Waals surface area contributed by atoms with Gasteiger partial charge in [-0.3, -0.25) is 0 Å². The fraction of sp³-hybridized carbons (Fsp3) is 0. The first-order valence-corrected chi connectivity index (χ1v) is 6.04. The summed E-state index contributed by atoms with van der Waals surface area (Å²) >= 11 is 6.15. The molecule has 0 saturated heterocycles. The van der Waals surface area contributed by atoms with Gasteiger partial charge >= 0.3 is 0 Å². The Morgan fingerprint density at radius 3 is 2.47 bits per heavy atom. The maximum atomic E-state index is 13.4. The number of aromatic nitrogens is 2. The van der Waals surface area contributed by atoms with Crippen molar-refractivity contribution in [3.05, 3.63) is 45.2 Å². The molecule has 0 aliphatic carbocycles. The third-order valence-corrected chi connectivity index (χ3v) is 2.95. The van der Waals surface area contributed by atoms with E-state index in [-0.39, 0.29) is 10.2 Å². The second-order valence-electron chi connectivity index (χ2n) is 3.10. The molecule has 17 heavy (non-hydrogen) atoms. The van der Waals surface area contributed by atoms with Gasteiger partial charge in [-0.05, 0) is 37.9 Å². The Labute approximate surface area is 113 Å². The summed E-state index contributed by atoms with van der Waals surface area (Å²) in [4.78, 5) is 7.74. The van der Waals surface area contributed by atoms with Crippen molar-refractivity contribution in [2.75, 3.05) is 5.32 Å². The van der Waals surface area contributed by atoms with Crippen LogP contribution in [0.2, 0.25) is 0 Å². The van der Waals surface area contributed by atoms with Crippen molar-refractivity contribution in [2.45, 2.75) is 0 Å². The number of benzene rings is 1. The van der Waals surface area contributed by atoms with Crippen LogP contribution in [-0.2, 0) is 0 Å². The third-order valence-electron chi connectivity index (χ3n) is 1.91. The van der Waals surface area contributed by atoms with Crippen LogP contribution in [0.25, 0.3) is 0 Å². The Morgan fingerprint density at radius 1 is 1.00 bits per heavy atom. The summed E-state index contributed by atoms with van der Waals surface area (Å²) in [6.07, 6.45) is 1.32. The number of halogens is 4. The van der Waals surface area contributed by atoms with E-state index in [4.69, 9.17) is 0 Å². The lowest BCUT2D eigenvalue weighted by molar-refractivity contribution is 0.581. The molecular formula is C10H5Br2F2N3. The van der Waals surface area contributed by atoms with Crippen LogP contribution in [-0.4, -0.2) is 9.97 Å². The highest BCUT2D eigenvalue weighted by Crippen LogP contribution is 2.26. The lowest BCUT2D eigenvalue weighted by atomic mass is 10.3. The first-order chi connectivity index (χ1) is 8.06. The molecular weight excluding hydrogens is 360 g/mol. The van der Waals surface area contributed by atoms with E-state index in [1.807, 2.05) is 0 Å². The number of anilines is 2. The van der Waals surface area contributed by atoms with Crippen LogP contribution in [0.5, 0.6) is 0 Å². The van der Waals surface area contributed by atoms with E-state index in [0.717, 1.165) is 6.07 Å². The molecule has 0 saturated carbocycles. The highest BCUT2D eigenvalue weighted by Gasteiger charge is 2.09. The van der Waals surface area contributed by atoms with Gasteiger partial charge in [-0.25, -0.2) is 18.7 Å². The highest BCUT2D eigenvalue weighted by atomic mass is 79.9. The van der Waals surface area contributed by atoms with Crippen LogP contribution in [0.3, 0.4) is 0 Å². The molecule has 1 aromatic heterocycles. The van der Waals surface area contributed by atoms with Crippen molar-refractivity contribution in [1.82, 2.24) is 9.97 Å². The first kappa shape index (κ1) is 12.4. The van der Waals surface area contributed by atoms with Gasteiger partial charge in [0.05, 0.1) is 10.2 Å². The number of hydrogen-bond acceptors (Lipinski definition) is 3. The summed E-state index contributed by atoms with van der Waals surface area (Å²) in [6, 6.07) is 3.68. The van der Waals surface area contributed by atoms with Crippen molar-refractivity contribution in [3.63, 3.8) is 0 Å². The zero-order chi connectivity index (χ0) is 12.4. The summed E-state index contributed by atoms with van der Waals surface area (Å²) < 4.78 is 27.2. The Kier molecular flexibility index (Phi) is 3.68. The van der Waals surface area contributed by atoms with Crippen molar-refractivity contribution in [3.8, 4) is 0 Å². The van der Waals surface area contributed by atoms with E-state index in [1.165, 1.54) is 12.4 Å². The largest absolute Gasteiger partial charge is 0.338 e. The van der Waals surface area contributed by atoms with Gasteiger partial charge in [0.25, 0.3) is 0 Å². The fourth-order valence-corrected chi connectivity index (χ4v) is 1.81. The third kappa shape index (κ3) is 2.98. The van der Waals surface area contributed by atoms with Gasteiger partial charge in [-0.15, -0.1) is 0 Å². The molecule has 3 nitrogen and oxygen atoms in total. The molecule has 0 aliphatic rings. The zero-order valence-corrected chi connectivity index (χ0v) is 11.4. The minimum Gasteiger partial charge on any atom is -0.338 e. The van der Waals surface area contributed by atoms with E-state index in [2.05, 4.69) is 47.1 Å². The average Bonchev–Trinajstić information content (AvgIpc) is 2.26. The number of nitrogens with one attached hydrogen (secondary N) is 1. The van der Waals surface area contributed by atoms with E-state index >= 15 is 0 Å². The van der Waals surface area contributed by atoms with Gasteiger partial charge in [0, 0.05) is 12.1 Å². The zero-order valence-electron chi connectivity index (χ0n) is 8.22. The molecule has 88 valence electrons. The van der Waals surface area contributed by atoms with Crippen molar-refractivity contribution in [1.29, 1.82) is 0 Å². The van der Waals surface area contributed by atoms with Gasteiger partial charge in [-0.2, -0.15) is 0 Å². The Balaban J connectivity index is 2.33. The number of hydrogen-bond donors (Lipinski definition) is 1. The van der Waals surface area contributed by atoms with Crippen molar-refractivity contribution >= 4 is 43.4 Å². The topological polar surface area (TPSA) is 37.8 Å². The molecule has 2 aromatic rings. The molecule has 0 atom stereocenters. The van der Waals surface area contributed by atoms with Crippen LogP contribution < -0.4 is 5.32 Å². The van der Waals surface area contributed by atoms with Crippen molar-refractivity contribution < 1.29 is 8.78 Å². The monoisotopic (exact) mass is 363 g/mol. The lowest BCUT2D eigenvalue weighted by Gasteiger charge is -2.07. The molecule has 0 aliphatic heterocycles. The average molecular weight is 365 g/mol. The van der Waals surface area contributed by atoms with Gasteiger partial charge in [0.15, 0.2) is 0 Å². The number of rotatable bonds is 2. The molecule has 0 spiro atoms. The quantitative estimate of drug-likeness (QED) is 0.646. The minimum atomic E-state index is -0.694. The van der Waals surface area contributed by atoms with Crippen LogP contribution >= 0.6 is 31.9 Å². The molecule has 7 heteroatoms. The van der Waals surface area contributed by atoms with E-state index in [9.17, 15) is 8.78 Å². The maximum absolute atomic E-state index is 13.4. The summed E-state index contributed by atoms with van der Waals surface area (Å²) in [5.74, 6) is -0.943. The van der Waals surface area contributed by atoms with Crippen molar-refractivity contribution in [2.24, 2.45) is 0 Å². The summed E-state index contributed by atoms with van der Waals surface area (Å²) in [5, 5.41) is 2.73. The van der Waals surface area contributed by atoms with E-state index in [0.29, 0.717) is 10.4 Å². The van der Waals surface area contributed by atoms with Crippen LogP contribution in [0, 0.1) is 11.6 Å². The first-order valence-electron chi connectivity index (χ1n) is 4.45. The van der Waals surface area contributed by atoms with Gasteiger partial charge in [0.2, 0.25) is 0 Å². The van der Waals surface area contributed by atoms with Gasteiger partial charge in [-0.1, -0.05) is 0 Å². The predicted molar refractivity (Wildman–Crippen MR) is 67.1 cm³/mol. The van der Waals surface area contributed by atoms with E-state index < -0.39 is 11.6 Å². The van der Waals surface area contributed by atoms with E-state index in [1.54, 1.807) is 6.07 Å². The molecule has 1 heterocycles. The van der Waals surface area contributed by atoms with Crippen LogP contribution in [0.4, 0.5) is 20.3 Å². The molecule has 0 amide bonds. The van der Waals surface area contributed by atoms with Gasteiger partial charge < -0.3 is 5.32 Å². The normalized spacial score (nSPS) is 10.4. The second kappa shape index (κ2) is 5.05. The second-order valence-corrected chi connectivity index (χ2v) is 4.76. The lowest BCUT2D eigenvalue weighted by Crippen LogP contribution is -1.98. The molecule has 0 bridgehead atoms. The Morgan fingerprint density at radius 2 is 1.76 bits per heavy atom. The smallest absolute Gasteiger partial charge is 0.149 e. The predicted octanol–water partition coefficient (Wildman–Crippen LogP) is 4.02. The SMILES string of the molecule is Fc1cc(F)c(Nc2cc(Br)ncn2)cc1Br. The Bertz CT molecular complexity index is 563. The summed E-state index contributed by atoms with van der Waals surface area (Å²) in [5.41, 5.74) is 0.129. The molecule has 0 fully saturated rings. The minimum absolute atomic E-state index is 0.129. The number of nitrogens with zero attached hydrogens (tertiary/aromatic N) is 2. The standard InChI is InChI=1S/C10H5Br2F2N3/c11-5-1-8(7(14)2-6(5)13)17-10-3-9(12)15-4-16-10/h1-4H,(H,15,16,17). The molecule has 1 N–H and O–H groups in total. The fourth-order valence-electron chi connectivity index (χ4n) is 1.16. The van der Waals surface area contributed by atoms with Crippen LogP contribution in [0.1, 0.15) is 0 Å². The molecule has 1 aromatic carbocycles. The summed E-state index contributed by atoms with van der Waals surface area (Å²) in [7, 11) is 0. The molecule has 2 rings (SSSR count). The Hall–Kier alpha value is -1.08. The highest BCUT2D eigenvalue weighted by molar-refractivity contribution is 9.10. The van der Waals surface area contributed by atoms with Gasteiger partial charge in [0.1, 0.15) is 28.4 Å². The molecule has 0 radical (unpaired) electrons. The summed E-state index contributed by atoms with van der Waals surface area (Å²) in [6.45, 7) is 0. The molecule has 0 unspecified atom stereocenters.